The lowest BCUT2D eigenvalue weighted by atomic mass is 9.77. The molecule has 0 radical (unpaired) electrons. The summed E-state index contributed by atoms with van der Waals surface area (Å²) in [6, 6.07) is 44.8. The fourth-order valence-electron chi connectivity index (χ4n) is 7.13. The molecule has 7 rings (SSSR count). The van der Waals surface area contributed by atoms with Gasteiger partial charge in [-0.25, -0.2) is 14.6 Å². The molecule has 0 unspecified atom stereocenters. The van der Waals surface area contributed by atoms with E-state index in [2.05, 4.69) is 47.0 Å². The van der Waals surface area contributed by atoms with Crippen molar-refractivity contribution in [2.45, 2.75) is 31.5 Å². The highest BCUT2D eigenvalue weighted by Gasteiger charge is 2.39. The number of esters is 1. The number of pyridine rings is 1. The number of hydrogen-bond donors (Lipinski definition) is 2. The molecule has 2 N–H and O–H groups in total. The first-order chi connectivity index (χ1) is 27.4. The number of alkyl carbamates (subject to hydrolysis) is 1. The first-order valence-corrected chi connectivity index (χ1v) is 18.5. The zero-order chi connectivity index (χ0) is 38.9. The third-order valence-electron chi connectivity index (χ3n) is 9.82. The van der Waals surface area contributed by atoms with Crippen LogP contribution in [0, 0.1) is 0 Å². The lowest BCUT2D eigenvalue weighted by molar-refractivity contribution is -0.143. The predicted molar refractivity (Wildman–Crippen MR) is 216 cm³/mol. The Labute approximate surface area is 325 Å². The van der Waals surface area contributed by atoms with Crippen LogP contribution in [0.15, 0.2) is 151 Å². The van der Waals surface area contributed by atoms with Crippen LogP contribution in [0.2, 0.25) is 0 Å². The molecule has 6 aromatic rings. The van der Waals surface area contributed by atoms with Crippen molar-refractivity contribution in [2.24, 2.45) is 0 Å². The summed E-state index contributed by atoms with van der Waals surface area (Å²) in [5, 5.41) is 8.12. The molecule has 0 saturated carbocycles. The standard InChI is InChI=1S/C46H42N4O6/c1-3-55-44(52)40(50-27-25-39(43(50)51)48-45(53)56-31-32-16-8-4-9-17-32)29-34-28-33-24-26-47-42(38(33)30-41(34)54-2)49-46(35-18-10-5-11-19-35,36-20-12-6-13-21-36)37-22-14-7-15-23-37/h4-24,26,28-30,39H,3,25,27,31H2,1-2H3,(H,47,49)(H,48,53)/t39-/m0/s1. The van der Waals surface area contributed by atoms with Crippen molar-refractivity contribution in [2.75, 3.05) is 25.6 Å². The number of likely N-dealkylation sites (tertiary alicyclic amines) is 1. The minimum Gasteiger partial charge on any atom is -0.496 e. The third kappa shape index (κ3) is 7.81. The summed E-state index contributed by atoms with van der Waals surface area (Å²) < 4.78 is 16.7. The Kier molecular flexibility index (Phi) is 11.4. The minimum absolute atomic E-state index is 0.0279. The lowest BCUT2D eigenvalue weighted by Crippen LogP contribution is -2.42. The number of carbonyl (C=O) groups excluding carboxylic acids is 3. The van der Waals surface area contributed by atoms with Gasteiger partial charge in [0.05, 0.1) is 13.7 Å². The van der Waals surface area contributed by atoms with Gasteiger partial charge in [-0.3, -0.25) is 4.79 Å². The van der Waals surface area contributed by atoms with Crippen molar-refractivity contribution in [1.29, 1.82) is 0 Å². The van der Waals surface area contributed by atoms with Gasteiger partial charge in [-0.1, -0.05) is 121 Å². The second-order valence-electron chi connectivity index (χ2n) is 13.2. The van der Waals surface area contributed by atoms with E-state index in [1.807, 2.05) is 103 Å². The molecule has 1 aliphatic heterocycles. The van der Waals surface area contributed by atoms with Crippen LogP contribution < -0.4 is 15.4 Å². The van der Waals surface area contributed by atoms with Gasteiger partial charge in [0.1, 0.15) is 35.5 Å². The molecule has 1 saturated heterocycles. The van der Waals surface area contributed by atoms with Crippen LogP contribution in [-0.2, 0) is 31.2 Å². The summed E-state index contributed by atoms with van der Waals surface area (Å²) in [6.07, 6.45) is 2.89. The average Bonchev–Trinajstić information content (AvgIpc) is 3.60. The van der Waals surface area contributed by atoms with Gasteiger partial charge in [0.25, 0.3) is 0 Å². The number of fused-ring (bicyclic) bond motifs is 1. The van der Waals surface area contributed by atoms with Crippen LogP contribution in [0.1, 0.15) is 41.2 Å². The second kappa shape index (κ2) is 17.0. The molecule has 10 nitrogen and oxygen atoms in total. The van der Waals surface area contributed by atoms with E-state index in [1.165, 1.54) is 4.90 Å². The van der Waals surface area contributed by atoms with Crippen LogP contribution in [-0.4, -0.2) is 54.2 Å². The van der Waals surface area contributed by atoms with E-state index in [0.29, 0.717) is 17.1 Å². The quantitative estimate of drug-likeness (QED) is 0.0692. The Morgan fingerprint density at radius 2 is 1.41 bits per heavy atom. The highest BCUT2D eigenvalue weighted by atomic mass is 16.5. The van der Waals surface area contributed by atoms with Crippen LogP contribution >= 0.6 is 0 Å². The number of benzene rings is 5. The summed E-state index contributed by atoms with van der Waals surface area (Å²) in [4.78, 5) is 46.1. The normalized spacial score (nSPS) is 14.3. The first-order valence-electron chi connectivity index (χ1n) is 18.5. The first kappa shape index (κ1) is 37.4. The molecule has 0 bridgehead atoms. The third-order valence-corrected chi connectivity index (χ3v) is 9.82. The van der Waals surface area contributed by atoms with Crippen LogP contribution in [0.25, 0.3) is 16.8 Å². The predicted octanol–water partition coefficient (Wildman–Crippen LogP) is 8.08. The van der Waals surface area contributed by atoms with Crippen molar-refractivity contribution >= 4 is 40.6 Å². The highest BCUT2D eigenvalue weighted by molar-refractivity contribution is 6.02. The number of nitrogens with zero attached hydrogens (tertiary/aromatic N) is 2. The molecule has 56 heavy (non-hydrogen) atoms. The maximum absolute atomic E-state index is 13.7. The number of rotatable bonds is 13. The molecule has 0 spiro atoms. The molecule has 1 atom stereocenters. The molecule has 282 valence electrons. The fourth-order valence-corrected chi connectivity index (χ4v) is 7.13. The van der Waals surface area contributed by atoms with Gasteiger partial charge in [0, 0.05) is 23.7 Å². The van der Waals surface area contributed by atoms with Crippen LogP contribution in [0.3, 0.4) is 0 Å². The Balaban J connectivity index is 1.24. The number of methoxy groups -OCH3 is 1. The SMILES string of the molecule is CCOC(=O)C(=Cc1cc2ccnc(NC(c3ccccc3)(c3ccccc3)c3ccccc3)c2cc1OC)N1CC[C@H](NC(=O)OCc2ccccc2)C1=O. The molecular formula is C46H42N4O6. The van der Waals surface area contributed by atoms with E-state index in [9.17, 15) is 14.4 Å². The molecule has 1 aliphatic rings. The number of hydrogen-bond acceptors (Lipinski definition) is 8. The van der Waals surface area contributed by atoms with Crippen LogP contribution in [0.4, 0.5) is 10.6 Å². The second-order valence-corrected chi connectivity index (χ2v) is 13.2. The van der Waals surface area contributed by atoms with Crippen molar-refractivity contribution < 1.29 is 28.6 Å². The molecule has 2 amide bonds. The number of nitrogens with one attached hydrogen (secondary N) is 2. The van der Waals surface area contributed by atoms with E-state index >= 15 is 0 Å². The Morgan fingerprint density at radius 1 is 0.821 bits per heavy atom. The summed E-state index contributed by atoms with van der Waals surface area (Å²) >= 11 is 0. The largest absolute Gasteiger partial charge is 0.496 e. The number of amides is 2. The van der Waals surface area contributed by atoms with Gasteiger partial charge in [0.2, 0.25) is 5.91 Å². The van der Waals surface area contributed by atoms with E-state index in [-0.39, 0.29) is 31.9 Å². The number of carbonyl (C=O) groups is 3. The van der Waals surface area contributed by atoms with Gasteiger partial charge in [-0.05, 0) is 65.3 Å². The van der Waals surface area contributed by atoms with Crippen molar-refractivity contribution in [3.63, 3.8) is 0 Å². The summed E-state index contributed by atoms with van der Waals surface area (Å²) in [7, 11) is 1.55. The molecular weight excluding hydrogens is 705 g/mol. The topological polar surface area (TPSA) is 119 Å². The minimum atomic E-state index is -0.881. The van der Waals surface area contributed by atoms with Gasteiger partial charge < -0.3 is 29.7 Å². The number of ether oxygens (including phenoxy) is 3. The van der Waals surface area contributed by atoms with Crippen molar-refractivity contribution in [1.82, 2.24) is 15.2 Å². The fraction of sp³-hybridized carbons (Fsp3) is 0.174. The molecule has 0 aliphatic carbocycles. The number of aromatic nitrogens is 1. The van der Waals surface area contributed by atoms with Crippen molar-refractivity contribution in [3.05, 3.63) is 179 Å². The zero-order valence-electron chi connectivity index (χ0n) is 31.2. The van der Waals surface area contributed by atoms with Gasteiger partial charge in [-0.2, -0.15) is 0 Å². The number of anilines is 1. The maximum atomic E-state index is 13.7. The van der Waals surface area contributed by atoms with E-state index in [1.54, 1.807) is 26.3 Å². The Hall–Kier alpha value is -6.94. The van der Waals surface area contributed by atoms with E-state index in [0.717, 1.165) is 33.0 Å². The summed E-state index contributed by atoms with van der Waals surface area (Å²) in [6.45, 7) is 2.05. The van der Waals surface area contributed by atoms with Gasteiger partial charge in [0.15, 0.2) is 0 Å². The van der Waals surface area contributed by atoms with E-state index < -0.39 is 29.6 Å². The highest BCUT2D eigenvalue weighted by Crippen LogP contribution is 2.42. The maximum Gasteiger partial charge on any atom is 0.408 e. The smallest absolute Gasteiger partial charge is 0.408 e. The molecule has 1 aromatic heterocycles. The summed E-state index contributed by atoms with van der Waals surface area (Å²) in [5.41, 5.74) is 3.63. The van der Waals surface area contributed by atoms with Gasteiger partial charge >= 0.3 is 12.1 Å². The van der Waals surface area contributed by atoms with Crippen LogP contribution in [0.5, 0.6) is 5.75 Å². The zero-order valence-corrected chi connectivity index (χ0v) is 31.2. The molecule has 10 heteroatoms. The monoisotopic (exact) mass is 746 g/mol. The Bertz CT molecular complexity index is 2240. The summed E-state index contributed by atoms with van der Waals surface area (Å²) in [5.74, 6) is -0.0616. The Morgan fingerprint density at radius 3 is 1.98 bits per heavy atom. The van der Waals surface area contributed by atoms with E-state index in [4.69, 9.17) is 19.2 Å². The molecule has 1 fully saturated rings. The average molecular weight is 747 g/mol. The molecule has 2 heterocycles. The van der Waals surface area contributed by atoms with Gasteiger partial charge in [-0.15, -0.1) is 0 Å². The van der Waals surface area contributed by atoms with Crippen molar-refractivity contribution in [3.8, 4) is 5.75 Å². The molecule has 5 aromatic carbocycles. The lowest BCUT2D eigenvalue weighted by Gasteiger charge is -2.37.